The molecule has 0 unspecified atom stereocenters. The highest BCUT2D eigenvalue weighted by Gasteiger charge is 2.48. The van der Waals surface area contributed by atoms with Gasteiger partial charge in [-0.05, 0) is 12.1 Å². The lowest BCUT2D eigenvalue weighted by Crippen LogP contribution is -2.22. The highest BCUT2D eigenvalue weighted by Crippen LogP contribution is 2.45. The molecular weight excluding hydrogens is 307 g/mol. The average Bonchev–Trinajstić information content (AvgIpc) is 2.23. The normalized spacial score (nSPS) is 13.4. The van der Waals surface area contributed by atoms with Crippen LogP contribution in [0.3, 0.4) is 0 Å². The summed E-state index contributed by atoms with van der Waals surface area (Å²) in [6.07, 6.45) is -17.6. The van der Waals surface area contributed by atoms with Crippen molar-refractivity contribution in [3.63, 3.8) is 0 Å². The van der Waals surface area contributed by atoms with Crippen LogP contribution in [0.2, 0.25) is 0 Å². The van der Waals surface area contributed by atoms with Crippen molar-refractivity contribution >= 4 is 6.29 Å². The van der Waals surface area contributed by atoms with E-state index in [0.717, 1.165) is 0 Å². The number of hydrogen-bond donors (Lipinski definition) is 0. The van der Waals surface area contributed by atoms with E-state index in [9.17, 15) is 44.3 Å². The summed E-state index contributed by atoms with van der Waals surface area (Å²) in [4.78, 5) is 10.5. The third kappa shape index (κ3) is 3.05. The molecule has 0 spiro atoms. The van der Waals surface area contributed by atoms with Crippen LogP contribution in [0.4, 0.5) is 39.5 Å². The third-order valence-electron chi connectivity index (χ3n) is 2.26. The summed E-state index contributed by atoms with van der Waals surface area (Å²) in [7, 11) is 0. The zero-order valence-corrected chi connectivity index (χ0v) is 9.04. The molecule has 0 bridgehead atoms. The van der Waals surface area contributed by atoms with Crippen LogP contribution >= 0.6 is 0 Å². The van der Waals surface area contributed by atoms with E-state index in [1.54, 1.807) is 0 Å². The summed E-state index contributed by atoms with van der Waals surface area (Å²) >= 11 is 0. The van der Waals surface area contributed by atoms with Gasteiger partial charge in [0.25, 0.3) is 0 Å². The van der Waals surface area contributed by atoms with Gasteiger partial charge in [0.2, 0.25) is 0 Å². The largest absolute Gasteiger partial charge is 0.417 e. The summed E-state index contributed by atoms with van der Waals surface area (Å²) in [5.74, 6) is 0. The highest BCUT2D eigenvalue weighted by molar-refractivity contribution is 5.81. The van der Waals surface area contributed by atoms with Crippen molar-refractivity contribution in [2.75, 3.05) is 0 Å². The molecule has 0 aliphatic rings. The second-order valence-corrected chi connectivity index (χ2v) is 3.56. The highest BCUT2D eigenvalue weighted by atomic mass is 19.4. The first kappa shape index (κ1) is 16.3. The minimum atomic E-state index is -5.76. The van der Waals surface area contributed by atoms with Gasteiger partial charge in [-0.1, -0.05) is 0 Å². The van der Waals surface area contributed by atoms with E-state index in [1.807, 2.05) is 0 Å². The Bertz CT molecular complexity index is 521. The molecule has 0 amide bonds. The maximum atomic E-state index is 12.6. The quantitative estimate of drug-likeness (QED) is 0.549. The van der Waals surface area contributed by atoms with Crippen molar-refractivity contribution in [3.8, 4) is 0 Å². The molecular formula is C10H3F9O. The molecule has 0 saturated heterocycles. The van der Waals surface area contributed by atoms with Gasteiger partial charge in [0, 0.05) is 5.56 Å². The number of aldehydes is 1. The molecule has 112 valence electrons. The molecule has 0 N–H and O–H groups in total. The van der Waals surface area contributed by atoms with Crippen molar-refractivity contribution in [3.05, 3.63) is 34.4 Å². The molecule has 0 fully saturated rings. The van der Waals surface area contributed by atoms with Crippen LogP contribution < -0.4 is 0 Å². The van der Waals surface area contributed by atoms with Crippen LogP contribution in [0.25, 0.3) is 0 Å². The summed E-state index contributed by atoms with van der Waals surface area (Å²) in [6.45, 7) is 0. The second-order valence-electron chi connectivity index (χ2n) is 3.56. The predicted molar refractivity (Wildman–Crippen MR) is 46.8 cm³/mol. The van der Waals surface area contributed by atoms with Crippen LogP contribution in [-0.2, 0) is 18.5 Å². The number of alkyl halides is 9. The molecule has 0 aromatic heterocycles. The number of halogens is 9. The fourth-order valence-electron chi connectivity index (χ4n) is 1.53. The summed E-state index contributed by atoms with van der Waals surface area (Å²) < 4.78 is 112. The molecule has 1 nitrogen and oxygen atoms in total. The molecule has 10 heteroatoms. The van der Waals surface area contributed by atoms with E-state index in [-0.39, 0.29) is 12.1 Å². The Morgan fingerprint density at radius 1 is 0.700 bits per heavy atom. The van der Waals surface area contributed by atoms with Gasteiger partial charge in [0.1, 0.15) is 0 Å². The van der Waals surface area contributed by atoms with Gasteiger partial charge in [-0.15, -0.1) is 0 Å². The molecule has 0 aliphatic carbocycles. The topological polar surface area (TPSA) is 17.1 Å². The Morgan fingerprint density at radius 2 is 1.10 bits per heavy atom. The fourth-order valence-corrected chi connectivity index (χ4v) is 1.53. The van der Waals surface area contributed by atoms with Crippen LogP contribution in [0.1, 0.15) is 27.0 Å². The van der Waals surface area contributed by atoms with E-state index in [4.69, 9.17) is 0 Å². The van der Waals surface area contributed by atoms with Gasteiger partial charge in [0.15, 0.2) is 6.29 Å². The number of rotatable bonds is 1. The Labute approximate surface area is 105 Å². The van der Waals surface area contributed by atoms with E-state index in [1.165, 1.54) is 0 Å². The Morgan fingerprint density at radius 3 is 1.40 bits per heavy atom. The first-order valence-electron chi connectivity index (χ1n) is 4.64. The number of hydrogen-bond acceptors (Lipinski definition) is 1. The Balaban J connectivity index is 3.84. The lowest BCUT2D eigenvalue weighted by Gasteiger charge is -2.20. The van der Waals surface area contributed by atoms with Crippen molar-refractivity contribution in [1.29, 1.82) is 0 Å². The molecule has 0 heterocycles. The fraction of sp³-hybridized carbons (Fsp3) is 0.300. The van der Waals surface area contributed by atoms with E-state index < -0.39 is 47.1 Å². The Kier molecular flexibility index (Phi) is 3.81. The molecule has 1 aromatic carbocycles. The zero-order valence-electron chi connectivity index (χ0n) is 9.04. The van der Waals surface area contributed by atoms with Crippen LogP contribution in [0, 0.1) is 0 Å². The molecule has 0 radical (unpaired) electrons. The van der Waals surface area contributed by atoms with Crippen molar-refractivity contribution in [2.24, 2.45) is 0 Å². The van der Waals surface area contributed by atoms with Gasteiger partial charge >= 0.3 is 18.5 Å². The Hall–Kier alpha value is -1.74. The second kappa shape index (κ2) is 4.67. The average molecular weight is 310 g/mol. The lowest BCUT2D eigenvalue weighted by atomic mass is 9.95. The number of carbonyl (C=O) groups excluding carboxylic acids is 1. The third-order valence-corrected chi connectivity index (χ3v) is 2.26. The minimum absolute atomic E-state index is 0.207. The standard InChI is InChI=1S/C10H3F9O/c11-8(12,13)5-1-2-6(9(14,15)16)7(4(5)3-20)10(17,18)19/h1-3H. The van der Waals surface area contributed by atoms with Crippen LogP contribution in [-0.4, -0.2) is 6.29 Å². The summed E-state index contributed by atoms with van der Waals surface area (Å²) in [6, 6.07) is -0.555. The van der Waals surface area contributed by atoms with Gasteiger partial charge in [-0.2, -0.15) is 39.5 Å². The predicted octanol–water partition coefficient (Wildman–Crippen LogP) is 4.56. The van der Waals surface area contributed by atoms with E-state index >= 15 is 0 Å². The van der Waals surface area contributed by atoms with Gasteiger partial charge < -0.3 is 0 Å². The molecule has 1 rings (SSSR count). The van der Waals surface area contributed by atoms with Crippen molar-refractivity contribution < 1.29 is 44.3 Å². The monoisotopic (exact) mass is 310 g/mol. The van der Waals surface area contributed by atoms with Gasteiger partial charge in [-0.3, -0.25) is 4.79 Å². The zero-order chi connectivity index (χ0) is 15.9. The van der Waals surface area contributed by atoms with Crippen LogP contribution in [0.5, 0.6) is 0 Å². The maximum absolute atomic E-state index is 12.6. The SMILES string of the molecule is O=Cc1c(C(F)(F)F)ccc(C(F)(F)F)c1C(F)(F)F. The first-order valence-corrected chi connectivity index (χ1v) is 4.64. The van der Waals surface area contributed by atoms with Crippen molar-refractivity contribution in [1.82, 2.24) is 0 Å². The number of carbonyl (C=O) groups is 1. The van der Waals surface area contributed by atoms with Gasteiger partial charge in [-0.25, -0.2) is 0 Å². The van der Waals surface area contributed by atoms with Crippen LogP contribution in [0.15, 0.2) is 12.1 Å². The lowest BCUT2D eigenvalue weighted by molar-refractivity contribution is -0.163. The molecule has 0 atom stereocenters. The molecule has 1 aromatic rings. The maximum Gasteiger partial charge on any atom is 0.417 e. The molecule has 20 heavy (non-hydrogen) atoms. The van der Waals surface area contributed by atoms with E-state index in [0.29, 0.717) is 0 Å². The smallest absolute Gasteiger partial charge is 0.298 e. The minimum Gasteiger partial charge on any atom is -0.298 e. The van der Waals surface area contributed by atoms with E-state index in [2.05, 4.69) is 0 Å². The summed E-state index contributed by atoms with van der Waals surface area (Å²) in [5.41, 5.74) is -9.15. The summed E-state index contributed by atoms with van der Waals surface area (Å²) in [5, 5.41) is 0. The van der Waals surface area contributed by atoms with Gasteiger partial charge in [0.05, 0.1) is 16.7 Å². The van der Waals surface area contributed by atoms with Crippen molar-refractivity contribution in [2.45, 2.75) is 18.5 Å². The first-order chi connectivity index (χ1) is 8.80. The molecule has 0 aliphatic heterocycles. The number of benzene rings is 1. The molecule has 0 saturated carbocycles.